The molecule has 0 radical (unpaired) electrons. The van der Waals surface area contributed by atoms with Crippen molar-refractivity contribution in [2.24, 2.45) is 0 Å². The smallest absolute Gasteiger partial charge is 0.163 e. The molecule has 0 amide bonds. The largest absolute Gasteiger partial charge is 0.383 e. The molecule has 1 aromatic heterocycles. The molecule has 0 unspecified atom stereocenters. The maximum Gasteiger partial charge on any atom is 0.163 e. The highest BCUT2D eigenvalue weighted by molar-refractivity contribution is 5.65. The highest BCUT2D eigenvalue weighted by Gasteiger charge is 2.18. The van der Waals surface area contributed by atoms with Crippen LogP contribution in [0.25, 0.3) is 11.4 Å². The van der Waals surface area contributed by atoms with E-state index < -0.39 is 0 Å². The molecule has 0 bridgehead atoms. The summed E-state index contributed by atoms with van der Waals surface area (Å²) in [5.41, 5.74) is 9.21. The standard InChI is InChI=1S/C16H20N4O/c1-11-4-3-5-13(10-11)15-18-14(17)12(2)16(19-15)20-6-8-21-9-7-20/h3-5,10H,6-9H2,1-2H3,(H2,17,18,19). The van der Waals surface area contributed by atoms with Crippen LogP contribution in [0.3, 0.4) is 0 Å². The fourth-order valence-corrected chi connectivity index (χ4v) is 2.52. The fourth-order valence-electron chi connectivity index (χ4n) is 2.52. The van der Waals surface area contributed by atoms with E-state index in [-0.39, 0.29) is 0 Å². The van der Waals surface area contributed by atoms with Crippen molar-refractivity contribution in [1.82, 2.24) is 9.97 Å². The summed E-state index contributed by atoms with van der Waals surface area (Å²) in [5.74, 6) is 2.15. The lowest BCUT2D eigenvalue weighted by molar-refractivity contribution is 0.122. The lowest BCUT2D eigenvalue weighted by Crippen LogP contribution is -2.37. The molecule has 0 spiro atoms. The Hall–Kier alpha value is -2.14. The minimum atomic E-state index is 0.544. The van der Waals surface area contributed by atoms with Crippen LogP contribution in [0.1, 0.15) is 11.1 Å². The van der Waals surface area contributed by atoms with E-state index >= 15 is 0 Å². The molecule has 0 aliphatic carbocycles. The Kier molecular flexibility index (Phi) is 3.75. The normalized spacial score (nSPS) is 15.2. The molecule has 3 rings (SSSR count). The summed E-state index contributed by atoms with van der Waals surface area (Å²) in [5, 5.41) is 0. The monoisotopic (exact) mass is 284 g/mol. The maximum absolute atomic E-state index is 6.09. The first kappa shape index (κ1) is 13.8. The van der Waals surface area contributed by atoms with Crippen LogP contribution >= 0.6 is 0 Å². The van der Waals surface area contributed by atoms with E-state index in [0.717, 1.165) is 43.2 Å². The van der Waals surface area contributed by atoms with Crippen LogP contribution in [0.4, 0.5) is 11.6 Å². The molecule has 5 heteroatoms. The summed E-state index contributed by atoms with van der Waals surface area (Å²) in [6, 6.07) is 8.16. The first-order valence-corrected chi connectivity index (χ1v) is 7.19. The van der Waals surface area contributed by atoms with Crippen LogP contribution in [-0.2, 0) is 4.74 Å². The van der Waals surface area contributed by atoms with Crippen molar-refractivity contribution in [2.75, 3.05) is 36.9 Å². The van der Waals surface area contributed by atoms with E-state index in [0.29, 0.717) is 11.6 Å². The SMILES string of the molecule is Cc1cccc(-c2nc(N)c(C)c(N3CCOCC3)n2)c1. The number of hydrogen-bond acceptors (Lipinski definition) is 5. The minimum absolute atomic E-state index is 0.544. The predicted molar refractivity (Wildman–Crippen MR) is 84.4 cm³/mol. The Bertz CT molecular complexity index is 651. The molecule has 2 N–H and O–H groups in total. The van der Waals surface area contributed by atoms with Gasteiger partial charge in [0.2, 0.25) is 0 Å². The van der Waals surface area contributed by atoms with Crippen LogP contribution < -0.4 is 10.6 Å². The second-order valence-corrected chi connectivity index (χ2v) is 5.35. The lowest BCUT2D eigenvalue weighted by atomic mass is 10.1. The van der Waals surface area contributed by atoms with E-state index in [1.807, 2.05) is 19.1 Å². The molecule has 5 nitrogen and oxygen atoms in total. The maximum atomic E-state index is 6.09. The van der Waals surface area contributed by atoms with Gasteiger partial charge in [-0.15, -0.1) is 0 Å². The number of benzene rings is 1. The number of nitrogens with zero attached hydrogens (tertiary/aromatic N) is 3. The predicted octanol–water partition coefficient (Wildman–Crippen LogP) is 2.18. The first-order chi connectivity index (χ1) is 10.1. The molecule has 2 heterocycles. The molecule has 0 saturated carbocycles. The van der Waals surface area contributed by atoms with Gasteiger partial charge < -0.3 is 15.4 Å². The second-order valence-electron chi connectivity index (χ2n) is 5.35. The van der Waals surface area contributed by atoms with Gasteiger partial charge in [0.15, 0.2) is 5.82 Å². The van der Waals surface area contributed by atoms with Crippen LogP contribution in [0.2, 0.25) is 0 Å². The van der Waals surface area contributed by atoms with Gasteiger partial charge in [0, 0.05) is 24.2 Å². The fraction of sp³-hybridized carbons (Fsp3) is 0.375. The molecule has 1 saturated heterocycles. The summed E-state index contributed by atoms with van der Waals surface area (Å²) in [7, 11) is 0. The van der Waals surface area contributed by atoms with Crippen LogP contribution in [-0.4, -0.2) is 36.3 Å². The van der Waals surface area contributed by atoms with Gasteiger partial charge in [-0.25, -0.2) is 9.97 Å². The van der Waals surface area contributed by atoms with Gasteiger partial charge in [-0.3, -0.25) is 0 Å². The number of ether oxygens (including phenoxy) is 1. The number of anilines is 2. The van der Waals surface area contributed by atoms with Crippen molar-refractivity contribution in [2.45, 2.75) is 13.8 Å². The Balaban J connectivity index is 2.04. The highest BCUT2D eigenvalue weighted by atomic mass is 16.5. The Morgan fingerprint density at radius 2 is 1.90 bits per heavy atom. The molecule has 1 aliphatic rings. The Morgan fingerprint density at radius 1 is 1.14 bits per heavy atom. The zero-order chi connectivity index (χ0) is 14.8. The van der Waals surface area contributed by atoms with Gasteiger partial charge in [-0.05, 0) is 19.9 Å². The lowest BCUT2D eigenvalue weighted by Gasteiger charge is -2.29. The van der Waals surface area contributed by atoms with Crippen molar-refractivity contribution < 1.29 is 4.74 Å². The zero-order valence-corrected chi connectivity index (χ0v) is 12.5. The van der Waals surface area contributed by atoms with Gasteiger partial charge in [-0.1, -0.05) is 23.8 Å². The number of morpholine rings is 1. The molecule has 0 atom stereocenters. The van der Waals surface area contributed by atoms with E-state index in [1.165, 1.54) is 5.56 Å². The molecule has 21 heavy (non-hydrogen) atoms. The Labute approximate surface area is 124 Å². The van der Waals surface area contributed by atoms with Crippen molar-refractivity contribution in [1.29, 1.82) is 0 Å². The number of aryl methyl sites for hydroxylation is 1. The number of nitrogens with two attached hydrogens (primary N) is 1. The van der Waals surface area contributed by atoms with Gasteiger partial charge in [0.05, 0.1) is 13.2 Å². The molecule has 2 aromatic rings. The van der Waals surface area contributed by atoms with Crippen LogP contribution in [0.5, 0.6) is 0 Å². The summed E-state index contributed by atoms with van der Waals surface area (Å²) in [4.78, 5) is 11.4. The number of nitrogen functional groups attached to an aromatic ring is 1. The van der Waals surface area contributed by atoms with Crippen molar-refractivity contribution in [3.8, 4) is 11.4 Å². The topological polar surface area (TPSA) is 64.3 Å². The van der Waals surface area contributed by atoms with E-state index in [1.54, 1.807) is 0 Å². The van der Waals surface area contributed by atoms with Crippen molar-refractivity contribution in [3.05, 3.63) is 35.4 Å². The Morgan fingerprint density at radius 3 is 2.62 bits per heavy atom. The van der Waals surface area contributed by atoms with E-state index in [4.69, 9.17) is 15.5 Å². The van der Waals surface area contributed by atoms with Crippen LogP contribution in [0.15, 0.2) is 24.3 Å². The summed E-state index contributed by atoms with van der Waals surface area (Å²) in [6.07, 6.45) is 0. The molecule has 110 valence electrons. The van der Waals surface area contributed by atoms with E-state index in [2.05, 4.69) is 28.9 Å². The highest BCUT2D eigenvalue weighted by Crippen LogP contribution is 2.26. The first-order valence-electron chi connectivity index (χ1n) is 7.19. The van der Waals surface area contributed by atoms with Gasteiger partial charge >= 0.3 is 0 Å². The number of aromatic nitrogens is 2. The summed E-state index contributed by atoms with van der Waals surface area (Å²) >= 11 is 0. The average molecular weight is 284 g/mol. The third kappa shape index (κ3) is 2.83. The number of hydrogen-bond donors (Lipinski definition) is 1. The van der Waals surface area contributed by atoms with Crippen LogP contribution in [0, 0.1) is 13.8 Å². The number of rotatable bonds is 2. The molecular formula is C16H20N4O. The quantitative estimate of drug-likeness (QED) is 0.915. The second kappa shape index (κ2) is 5.69. The molecule has 1 aromatic carbocycles. The van der Waals surface area contributed by atoms with Gasteiger partial charge in [0.25, 0.3) is 0 Å². The molecule has 1 fully saturated rings. The minimum Gasteiger partial charge on any atom is -0.383 e. The van der Waals surface area contributed by atoms with Crippen molar-refractivity contribution in [3.63, 3.8) is 0 Å². The third-order valence-corrected chi connectivity index (χ3v) is 3.74. The molecule has 1 aliphatic heterocycles. The van der Waals surface area contributed by atoms with E-state index in [9.17, 15) is 0 Å². The zero-order valence-electron chi connectivity index (χ0n) is 12.5. The van der Waals surface area contributed by atoms with Gasteiger partial charge in [0.1, 0.15) is 11.6 Å². The summed E-state index contributed by atoms with van der Waals surface area (Å²) in [6.45, 7) is 7.16. The summed E-state index contributed by atoms with van der Waals surface area (Å²) < 4.78 is 5.41. The molecular weight excluding hydrogens is 264 g/mol. The van der Waals surface area contributed by atoms with Gasteiger partial charge in [-0.2, -0.15) is 0 Å². The van der Waals surface area contributed by atoms with Crippen molar-refractivity contribution >= 4 is 11.6 Å². The third-order valence-electron chi connectivity index (χ3n) is 3.74. The average Bonchev–Trinajstić information content (AvgIpc) is 2.51.